The molecule has 0 spiro atoms. The van der Waals surface area contributed by atoms with E-state index in [1.807, 2.05) is 84.9 Å². The van der Waals surface area contributed by atoms with Gasteiger partial charge in [-0.1, -0.05) is 60.7 Å². The molecule has 0 radical (unpaired) electrons. The Morgan fingerprint density at radius 1 is 0.547 bits per heavy atom. The van der Waals surface area contributed by atoms with E-state index in [2.05, 4.69) is 23.8 Å². The molecule has 14 heteroatoms. The molecule has 0 aromatic heterocycles. The van der Waals surface area contributed by atoms with Crippen molar-refractivity contribution in [1.29, 1.82) is 0 Å². The molecule has 2 atom stereocenters. The number of rotatable bonds is 32. The summed E-state index contributed by atoms with van der Waals surface area (Å²) in [5, 5.41) is 6.71. The number of nitrogens with one attached hydrogen (secondary N) is 2. The summed E-state index contributed by atoms with van der Waals surface area (Å²) in [7, 11) is 6.37. The van der Waals surface area contributed by atoms with Crippen molar-refractivity contribution in [3.63, 3.8) is 0 Å². The fraction of sp³-hybridized carbons (Fsp3) is 0.360. The lowest BCUT2D eigenvalue weighted by Crippen LogP contribution is -2.36. The fourth-order valence-electron chi connectivity index (χ4n) is 6.27. The van der Waals surface area contributed by atoms with Crippen molar-refractivity contribution in [2.45, 2.75) is 38.3 Å². The number of carbonyl (C=O) groups is 2. The van der Waals surface area contributed by atoms with Crippen LogP contribution in [0.4, 0.5) is 0 Å². The van der Waals surface area contributed by atoms with Crippen LogP contribution < -0.4 is 39.1 Å². The van der Waals surface area contributed by atoms with Crippen LogP contribution in [0.3, 0.4) is 0 Å². The Morgan fingerprint density at radius 3 is 1.34 bits per heavy atom. The average molecular weight is 883 g/mol. The molecule has 0 aliphatic rings. The normalized spacial score (nSPS) is 11.9. The molecule has 2 unspecified atom stereocenters. The first-order chi connectivity index (χ1) is 31.3. The predicted octanol–water partition coefficient (Wildman–Crippen LogP) is 6.63. The van der Waals surface area contributed by atoms with Gasteiger partial charge in [-0.05, 0) is 73.5 Å². The topological polar surface area (TPSA) is 150 Å². The zero-order valence-corrected chi connectivity index (χ0v) is 37.3. The average Bonchev–Trinajstić information content (AvgIpc) is 3.32. The van der Waals surface area contributed by atoms with E-state index in [4.69, 9.17) is 47.4 Å². The van der Waals surface area contributed by atoms with Crippen molar-refractivity contribution in [2.24, 2.45) is 0 Å². The van der Waals surface area contributed by atoms with E-state index in [-0.39, 0.29) is 26.3 Å². The van der Waals surface area contributed by atoms with Gasteiger partial charge in [0.15, 0.2) is 23.0 Å². The van der Waals surface area contributed by atoms with Crippen molar-refractivity contribution >= 4 is 11.9 Å². The maximum atomic E-state index is 13.2. The first-order valence-corrected chi connectivity index (χ1v) is 21.0. The van der Waals surface area contributed by atoms with Gasteiger partial charge in [-0.3, -0.25) is 0 Å². The van der Waals surface area contributed by atoms with E-state index in [0.717, 1.165) is 34.4 Å². The number of methoxy groups -OCH3 is 4. The number of benzene rings is 4. The molecule has 0 heterocycles. The lowest BCUT2D eigenvalue weighted by Gasteiger charge is -2.20. The Morgan fingerprint density at radius 2 is 0.953 bits per heavy atom. The lowest BCUT2D eigenvalue weighted by atomic mass is 10.1. The Bertz CT molecular complexity index is 1930. The van der Waals surface area contributed by atoms with Gasteiger partial charge in [0, 0.05) is 36.4 Å². The number of para-hydroxylation sites is 2. The second-order valence-electron chi connectivity index (χ2n) is 14.2. The molecule has 344 valence electrons. The highest BCUT2D eigenvalue weighted by Gasteiger charge is 2.19. The molecular weight excluding hydrogens is 821 g/mol. The van der Waals surface area contributed by atoms with E-state index < -0.39 is 24.1 Å². The standard InChI is InChI=1S/C50H62N2O12/c1-7-27-59-33-39-13-9-11-15-43(39)61-35-41(31-51-25-23-37-17-19-45(55-3)47(29-37)57-5)63-49(53)21-22-50(54)64-42(36-62-44-16-12-10-14-40(44)34-60-28-8-2)32-52-26-24-38-18-20-46(56-4)48(30-38)58-6/h7-22,29-30,41-42,51-52H,1-2,23-28,31-36H2,3-6H3/b22-21+. The Labute approximate surface area is 377 Å². The molecule has 0 saturated carbocycles. The van der Waals surface area contributed by atoms with Gasteiger partial charge in [0.05, 0.1) is 54.9 Å². The highest BCUT2D eigenvalue weighted by molar-refractivity contribution is 5.91. The molecule has 0 aliphatic carbocycles. The molecular formula is C50H62N2O12. The van der Waals surface area contributed by atoms with Gasteiger partial charge in [-0.25, -0.2) is 9.59 Å². The Kier molecular flexibility index (Phi) is 22.9. The molecule has 0 aliphatic heterocycles. The third-order valence-corrected chi connectivity index (χ3v) is 9.52. The molecule has 0 amide bonds. The zero-order valence-electron chi connectivity index (χ0n) is 37.3. The van der Waals surface area contributed by atoms with Crippen molar-refractivity contribution in [1.82, 2.24) is 10.6 Å². The molecule has 0 saturated heterocycles. The smallest absolute Gasteiger partial charge is 0.331 e. The van der Waals surface area contributed by atoms with Crippen LogP contribution >= 0.6 is 0 Å². The van der Waals surface area contributed by atoms with Crippen LogP contribution in [0.5, 0.6) is 34.5 Å². The van der Waals surface area contributed by atoms with Crippen LogP contribution in [0.1, 0.15) is 22.3 Å². The van der Waals surface area contributed by atoms with Gasteiger partial charge in [-0.15, -0.1) is 13.2 Å². The van der Waals surface area contributed by atoms with Crippen LogP contribution in [0.2, 0.25) is 0 Å². The van der Waals surface area contributed by atoms with Crippen LogP contribution in [0, 0.1) is 0 Å². The van der Waals surface area contributed by atoms with Crippen LogP contribution in [-0.4, -0.2) is 105 Å². The minimum absolute atomic E-state index is 0.0281. The predicted molar refractivity (Wildman–Crippen MR) is 245 cm³/mol. The first-order valence-electron chi connectivity index (χ1n) is 21.0. The highest BCUT2D eigenvalue weighted by Crippen LogP contribution is 2.29. The van der Waals surface area contributed by atoms with E-state index in [1.54, 1.807) is 40.6 Å². The maximum Gasteiger partial charge on any atom is 0.331 e. The van der Waals surface area contributed by atoms with Crippen molar-refractivity contribution < 1.29 is 57.0 Å². The number of hydrogen-bond donors (Lipinski definition) is 2. The Balaban J connectivity index is 1.40. The fourth-order valence-corrected chi connectivity index (χ4v) is 6.27. The summed E-state index contributed by atoms with van der Waals surface area (Å²) in [6.07, 6.45) is 5.32. The first kappa shape index (κ1) is 50.3. The summed E-state index contributed by atoms with van der Waals surface area (Å²) in [5.41, 5.74) is 3.72. The summed E-state index contributed by atoms with van der Waals surface area (Å²) in [5.74, 6) is 2.25. The van der Waals surface area contributed by atoms with Crippen molar-refractivity contribution in [3.8, 4) is 34.5 Å². The van der Waals surface area contributed by atoms with Crippen LogP contribution in [0.25, 0.3) is 0 Å². The molecule has 2 N–H and O–H groups in total. The molecule has 64 heavy (non-hydrogen) atoms. The monoisotopic (exact) mass is 882 g/mol. The number of esters is 2. The molecule has 4 rings (SSSR count). The number of hydrogen-bond acceptors (Lipinski definition) is 14. The van der Waals surface area contributed by atoms with Gasteiger partial charge >= 0.3 is 11.9 Å². The van der Waals surface area contributed by atoms with E-state index in [0.29, 0.717) is 86.9 Å². The highest BCUT2D eigenvalue weighted by atomic mass is 16.6. The summed E-state index contributed by atoms with van der Waals surface area (Å²) < 4.78 is 56.9. The van der Waals surface area contributed by atoms with Gasteiger partial charge in [0.2, 0.25) is 0 Å². The quantitative estimate of drug-likeness (QED) is 0.0234. The Hall–Kier alpha value is -6.32. The summed E-state index contributed by atoms with van der Waals surface area (Å²) in [6, 6.07) is 26.4. The van der Waals surface area contributed by atoms with Crippen molar-refractivity contribution in [2.75, 3.05) is 81.0 Å². The lowest BCUT2D eigenvalue weighted by molar-refractivity contribution is -0.147. The third-order valence-electron chi connectivity index (χ3n) is 9.52. The largest absolute Gasteiger partial charge is 0.493 e. The molecule has 4 aromatic carbocycles. The second kappa shape index (κ2) is 29.1. The molecule has 0 bridgehead atoms. The zero-order chi connectivity index (χ0) is 45.8. The summed E-state index contributed by atoms with van der Waals surface area (Å²) >= 11 is 0. The van der Waals surface area contributed by atoms with Gasteiger partial charge in [0.25, 0.3) is 0 Å². The maximum absolute atomic E-state index is 13.2. The number of ether oxygens (including phenoxy) is 10. The summed E-state index contributed by atoms with van der Waals surface area (Å²) in [6.45, 7) is 10.5. The molecule has 14 nitrogen and oxygen atoms in total. The van der Waals surface area contributed by atoms with E-state index in [9.17, 15) is 9.59 Å². The van der Waals surface area contributed by atoms with E-state index in [1.165, 1.54) is 0 Å². The molecule has 0 fully saturated rings. The number of carbonyl (C=O) groups excluding carboxylic acids is 2. The minimum Gasteiger partial charge on any atom is -0.493 e. The van der Waals surface area contributed by atoms with Gasteiger partial charge < -0.3 is 58.0 Å². The van der Waals surface area contributed by atoms with Crippen LogP contribution in [0.15, 0.2) is 122 Å². The van der Waals surface area contributed by atoms with E-state index >= 15 is 0 Å². The van der Waals surface area contributed by atoms with Gasteiger partial charge in [-0.2, -0.15) is 0 Å². The van der Waals surface area contributed by atoms with Crippen LogP contribution in [-0.2, 0) is 54.6 Å². The van der Waals surface area contributed by atoms with Crippen molar-refractivity contribution in [3.05, 3.63) is 145 Å². The second-order valence-corrected chi connectivity index (χ2v) is 14.2. The van der Waals surface area contributed by atoms with Gasteiger partial charge in [0.1, 0.15) is 36.9 Å². The third kappa shape index (κ3) is 17.8. The SMILES string of the molecule is C=CCOCc1ccccc1OCC(CNCCc1ccc(OC)c(OC)c1)OC(=O)/C=C/C(=O)OC(CNCCc1ccc(OC)c(OC)c1)COc1ccccc1COCC=C. The summed E-state index contributed by atoms with van der Waals surface area (Å²) in [4.78, 5) is 26.5. The molecule has 4 aromatic rings. The minimum atomic E-state index is -0.746.